The average molecular weight is 410 g/mol. The van der Waals surface area contributed by atoms with Crippen molar-refractivity contribution in [3.05, 3.63) is 65.2 Å². The molecule has 6 heteroatoms. The molecule has 0 fully saturated rings. The van der Waals surface area contributed by atoms with E-state index in [1.54, 1.807) is 38.2 Å². The van der Waals surface area contributed by atoms with Crippen LogP contribution in [0.1, 0.15) is 49.5 Å². The van der Waals surface area contributed by atoms with Crippen LogP contribution in [0.25, 0.3) is 0 Å². The second kappa shape index (κ2) is 13.2. The molecule has 0 aromatic heterocycles. The van der Waals surface area contributed by atoms with Gasteiger partial charge in [-0.05, 0) is 55.1 Å². The van der Waals surface area contributed by atoms with Crippen molar-refractivity contribution >= 4 is 18.4 Å². The minimum absolute atomic E-state index is 0. The van der Waals surface area contributed by atoms with Crippen LogP contribution < -0.4 is 5.32 Å². The van der Waals surface area contributed by atoms with Crippen molar-refractivity contribution in [2.75, 3.05) is 13.6 Å². The number of aliphatic carboxylic acids is 1. The fourth-order valence-electron chi connectivity index (χ4n) is 2.60. The van der Waals surface area contributed by atoms with Gasteiger partial charge in [-0.3, -0.25) is 4.79 Å². The lowest BCUT2D eigenvalue weighted by molar-refractivity contribution is -0.138. The van der Waals surface area contributed by atoms with Crippen LogP contribution in [0.5, 0.6) is 5.75 Å². The molecule has 0 saturated heterocycles. The molecular formula is C22H32ClNO4. The van der Waals surface area contributed by atoms with Gasteiger partial charge >= 0.3 is 5.97 Å². The van der Waals surface area contributed by atoms with E-state index in [1.165, 1.54) is 5.56 Å². The summed E-state index contributed by atoms with van der Waals surface area (Å²) in [5.41, 5.74) is 2.87. The monoisotopic (exact) mass is 409 g/mol. The second-order valence-corrected chi connectivity index (χ2v) is 7.07. The number of phenolic OH excluding ortho intramolecular Hbond substituents is 1. The number of nitrogens with one attached hydrogen (secondary N) is 1. The molecule has 0 amide bonds. The van der Waals surface area contributed by atoms with Gasteiger partial charge in [0.1, 0.15) is 5.75 Å². The fourth-order valence-corrected chi connectivity index (χ4v) is 2.60. The summed E-state index contributed by atoms with van der Waals surface area (Å²) in [7, 11) is 1.77. The summed E-state index contributed by atoms with van der Waals surface area (Å²) in [6.07, 6.45) is 0.490. The molecule has 156 valence electrons. The SMILES string of the molecule is CC(C)Cc1ccc(C(C)C(=O)O)cc1.CNC[C@H](O)c1cccc(O)c1.Cl. The van der Waals surface area contributed by atoms with E-state index in [-0.39, 0.29) is 18.2 Å². The Labute approximate surface area is 173 Å². The third-order valence-corrected chi connectivity index (χ3v) is 4.15. The van der Waals surface area contributed by atoms with Crippen LogP contribution >= 0.6 is 12.4 Å². The molecule has 2 rings (SSSR count). The number of aromatic hydroxyl groups is 1. The molecule has 0 bridgehead atoms. The third-order valence-electron chi connectivity index (χ3n) is 4.15. The van der Waals surface area contributed by atoms with E-state index >= 15 is 0 Å². The van der Waals surface area contributed by atoms with Gasteiger partial charge < -0.3 is 20.6 Å². The van der Waals surface area contributed by atoms with Gasteiger partial charge in [-0.25, -0.2) is 0 Å². The highest BCUT2D eigenvalue weighted by molar-refractivity contribution is 5.85. The first-order chi connectivity index (χ1) is 12.7. The quantitative estimate of drug-likeness (QED) is 0.551. The normalized spacial score (nSPS) is 12.4. The Kier molecular flexibility index (Phi) is 12.2. The van der Waals surface area contributed by atoms with E-state index in [0.29, 0.717) is 12.5 Å². The van der Waals surface area contributed by atoms with E-state index in [9.17, 15) is 9.90 Å². The van der Waals surface area contributed by atoms with Crippen molar-refractivity contribution in [1.82, 2.24) is 5.32 Å². The van der Waals surface area contributed by atoms with Gasteiger partial charge in [-0.15, -0.1) is 12.4 Å². The molecule has 0 heterocycles. The minimum atomic E-state index is -0.772. The largest absolute Gasteiger partial charge is 0.508 e. The summed E-state index contributed by atoms with van der Waals surface area (Å²) < 4.78 is 0. The molecule has 0 aliphatic rings. The Balaban J connectivity index is 0.000000514. The molecular weight excluding hydrogens is 378 g/mol. The summed E-state index contributed by atoms with van der Waals surface area (Å²) >= 11 is 0. The van der Waals surface area contributed by atoms with Crippen molar-refractivity contribution in [3.8, 4) is 5.75 Å². The fraction of sp³-hybridized carbons (Fsp3) is 0.409. The van der Waals surface area contributed by atoms with Crippen LogP contribution in [-0.2, 0) is 11.2 Å². The lowest BCUT2D eigenvalue weighted by Gasteiger charge is -2.09. The maximum absolute atomic E-state index is 10.8. The summed E-state index contributed by atoms with van der Waals surface area (Å²) in [6.45, 7) is 6.55. The van der Waals surface area contributed by atoms with Crippen LogP contribution in [0.3, 0.4) is 0 Å². The molecule has 0 aliphatic carbocycles. The van der Waals surface area contributed by atoms with Crippen molar-refractivity contribution in [2.24, 2.45) is 5.92 Å². The van der Waals surface area contributed by atoms with Crippen molar-refractivity contribution in [1.29, 1.82) is 0 Å². The zero-order valence-electron chi connectivity index (χ0n) is 16.9. The first-order valence-corrected chi connectivity index (χ1v) is 9.17. The van der Waals surface area contributed by atoms with Crippen molar-refractivity contribution in [2.45, 2.75) is 39.2 Å². The van der Waals surface area contributed by atoms with Gasteiger partial charge in [0.2, 0.25) is 0 Å². The zero-order chi connectivity index (χ0) is 20.4. The van der Waals surface area contributed by atoms with Crippen molar-refractivity contribution in [3.63, 3.8) is 0 Å². The highest BCUT2D eigenvalue weighted by Crippen LogP contribution is 2.18. The summed E-state index contributed by atoms with van der Waals surface area (Å²) in [6, 6.07) is 14.5. The standard InChI is InChI=1S/C13H18O2.C9H13NO2.ClH/c1-9(2)8-11-4-6-12(7-5-11)10(3)13(14)15;1-10-6-9(12)7-3-2-4-8(11)5-7;/h4-7,9-10H,8H2,1-3H3,(H,14,15);2-5,9-12H,6H2,1H3;1H/t;9-;/m.0./s1. The molecule has 2 atom stereocenters. The number of aliphatic hydroxyl groups excluding tert-OH is 1. The second-order valence-electron chi connectivity index (χ2n) is 7.07. The van der Waals surface area contributed by atoms with Gasteiger partial charge in [0.05, 0.1) is 12.0 Å². The van der Waals surface area contributed by atoms with Gasteiger partial charge in [0, 0.05) is 6.54 Å². The number of carbonyl (C=O) groups is 1. The highest BCUT2D eigenvalue weighted by Gasteiger charge is 2.12. The third kappa shape index (κ3) is 9.22. The number of carboxylic acids is 1. The van der Waals surface area contributed by atoms with Crippen LogP contribution in [0.15, 0.2) is 48.5 Å². The van der Waals surface area contributed by atoms with Crippen LogP contribution in [0, 0.1) is 5.92 Å². The maximum Gasteiger partial charge on any atom is 0.310 e. The number of rotatable bonds is 7. The average Bonchev–Trinajstić information content (AvgIpc) is 2.62. The minimum Gasteiger partial charge on any atom is -0.508 e. The topological polar surface area (TPSA) is 89.8 Å². The smallest absolute Gasteiger partial charge is 0.310 e. The van der Waals surface area contributed by atoms with Crippen LogP contribution in [0.4, 0.5) is 0 Å². The van der Waals surface area contributed by atoms with Gasteiger partial charge in [-0.2, -0.15) is 0 Å². The number of halogens is 1. The van der Waals surface area contributed by atoms with Gasteiger partial charge in [0.25, 0.3) is 0 Å². The number of hydrogen-bond acceptors (Lipinski definition) is 4. The number of likely N-dealkylation sites (N-methyl/N-ethyl adjacent to an activating group) is 1. The Bertz CT molecular complexity index is 704. The van der Waals surface area contributed by atoms with E-state index in [2.05, 4.69) is 19.2 Å². The molecule has 2 aromatic rings. The number of benzene rings is 2. The molecule has 28 heavy (non-hydrogen) atoms. The predicted molar refractivity (Wildman–Crippen MR) is 115 cm³/mol. The molecule has 0 radical (unpaired) electrons. The first-order valence-electron chi connectivity index (χ1n) is 9.17. The Morgan fingerprint density at radius 1 is 1.04 bits per heavy atom. The van der Waals surface area contributed by atoms with Crippen molar-refractivity contribution < 1.29 is 20.1 Å². The molecule has 0 saturated carbocycles. The van der Waals surface area contributed by atoms with E-state index in [4.69, 9.17) is 10.2 Å². The molecule has 0 spiro atoms. The van der Waals surface area contributed by atoms with Gasteiger partial charge in [0.15, 0.2) is 0 Å². The highest BCUT2D eigenvalue weighted by atomic mass is 35.5. The van der Waals surface area contributed by atoms with Gasteiger partial charge in [-0.1, -0.05) is 50.2 Å². The molecule has 5 nitrogen and oxygen atoms in total. The number of aliphatic hydroxyl groups is 1. The lowest BCUT2D eigenvalue weighted by atomic mass is 9.97. The first kappa shape index (κ1) is 25.9. The summed E-state index contributed by atoms with van der Waals surface area (Å²) in [5, 5.41) is 30.3. The summed E-state index contributed by atoms with van der Waals surface area (Å²) in [5.74, 6) is -0.375. The molecule has 1 unspecified atom stereocenters. The number of phenols is 1. The van der Waals surface area contributed by atoms with Crippen LogP contribution in [0.2, 0.25) is 0 Å². The summed E-state index contributed by atoms with van der Waals surface area (Å²) in [4.78, 5) is 10.8. The zero-order valence-corrected chi connectivity index (χ0v) is 17.7. The Hall–Kier alpha value is -2.08. The molecule has 4 N–H and O–H groups in total. The Morgan fingerprint density at radius 2 is 1.64 bits per heavy atom. The number of carboxylic acid groups (broad SMARTS) is 1. The van der Waals surface area contributed by atoms with Crippen LogP contribution in [-0.4, -0.2) is 34.9 Å². The lowest BCUT2D eigenvalue weighted by Crippen LogP contribution is -2.16. The number of hydrogen-bond donors (Lipinski definition) is 4. The molecule has 2 aromatic carbocycles. The van der Waals surface area contributed by atoms with E-state index < -0.39 is 18.0 Å². The Morgan fingerprint density at radius 3 is 2.11 bits per heavy atom. The van der Waals surface area contributed by atoms with E-state index in [0.717, 1.165) is 17.5 Å². The maximum atomic E-state index is 10.8. The van der Waals surface area contributed by atoms with E-state index in [1.807, 2.05) is 24.3 Å². The predicted octanol–water partition coefficient (Wildman–Crippen LogP) is 4.14. The molecule has 0 aliphatic heterocycles.